The standard InChI is InChI=1S/C14H18F2N4O3/c15-14(16)5-3-8(4-6-14)12-19-11(23-20-12)7-17-13(22)9-1-2-10(21)18-9/h8-9H,1-7H2,(H,17,22)(H,18,21)/t9-/m1/s1. The van der Waals surface area contributed by atoms with Gasteiger partial charge in [-0.05, 0) is 19.3 Å². The highest BCUT2D eigenvalue weighted by Gasteiger charge is 2.37. The fourth-order valence-corrected chi connectivity index (χ4v) is 2.90. The highest BCUT2D eigenvalue weighted by molar-refractivity contribution is 5.90. The van der Waals surface area contributed by atoms with Crippen molar-refractivity contribution in [1.82, 2.24) is 20.8 Å². The molecule has 0 unspecified atom stereocenters. The molecule has 0 radical (unpaired) electrons. The van der Waals surface area contributed by atoms with Crippen LogP contribution in [0.5, 0.6) is 0 Å². The van der Waals surface area contributed by atoms with Crippen LogP contribution in [-0.2, 0) is 16.1 Å². The SMILES string of the molecule is O=C1CC[C@H](C(=O)NCc2nc(C3CCC(F)(F)CC3)no2)N1. The van der Waals surface area contributed by atoms with E-state index in [1.54, 1.807) is 0 Å². The van der Waals surface area contributed by atoms with Crippen LogP contribution in [0.25, 0.3) is 0 Å². The molecule has 1 atom stereocenters. The average Bonchev–Trinajstić information content (AvgIpc) is 3.14. The van der Waals surface area contributed by atoms with E-state index in [0.29, 0.717) is 31.5 Å². The van der Waals surface area contributed by atoms with Crippen molar-refractivity contribution in [2.75, 3.05) is 0 Å². The number of halogens is 2. The fourth-order valence-electron chi connectivity index (χ4n) is 2.90. The summed E-state index contributed by atoms with van der Waals surface area (Å²) in [6, 6.07) is -0.523. The van der Waals surface area contributed by atoms with E-state index in [1.165, 1.54) is 0 Å². The Kier molecular flexibility index (Phi) is 4.27. The molecule has 126 valence electrons. The first-order valence-corrected chi connectivity index (χ1v) is 7.70. The Labute approximate surface area is 131 Å². The number of hydrogen-bond acceptors (Lipinski definition) is 5. The number of amides is 2. The van der Waals surface area contributed by atoms with Crippen LogP contribution in [0.3, 0.4) is 0 Å². The Morgan fingerprint density at radius 2 is 2.09 bits per heavy atom. The van der Waals surface area contributed by atoms with Crippen molar-refractivity contribution in [1.29, 1.82) is 0 Å². The normalized spacial score (nSPS) is 24.4. The lowest BCUT2D eigenvalue weighted by Gasteiger charge is -2.26. The number of nitrogens with zero attached hydrogens (tertiary/aromatic N) is 2. The van der Waals surface area contributed by atoms with Crippen molar-refractivity contribution < 1.29 is 22.9 Å². The van der Waals surface area contributed by atoms with E-state index < -0.39 is 12.0 Å². The molecular weight excluding hydrogens is 310 g/mol. The van der Waals surface area contributed by atoms with Gasteiger partial charge >= 0.3 is 0 Å². The van der Waals surface area contributed by atoms with Gasteiger partial charge in [-0.15, -0.1) is 0 Å². The third kappa shape index (κ3) is 3.83. The van der Waals surface area contributed by atoms with Crippen LogP contribution in [0, 0.1) is 0 Å². The predicted octanol–water partition coefficient (Wildman–Crippen LogP) is 1.26. The molecule has 1 aliphatic heterocycles. The molecule has 9 heteroatoms. The van der Waals surface area contributed by atoms with Gasteiger partial charge in [0.15, 0.2) is 5.82 Å². The first-order valence-electron chi connectivity index (χ1n) is 7.70. The third-order valence-electron chi connectivity index (χ3n) is 4.29. The molecule has 3 rings (SSSR count). The van der Waals surface area contributed by atoms with Crippen LogP contribution in [0.2, 0.25) is 0 Å². The maximum atomic E-state index is 13.1. The van der Waals surface area contributed by atoms with Crippen molar-refractivity contribution in [2.24, 2.45) is 0 Å². The molecule has 1 saturated heterocycles. The monoisotopic (exact) mass is 328 g/mol. The topological polar surface area (TPSA) is 97.1 Å². The zero-order valence-electron chi connectivity index (χ0n) is 12.5. The highest BCUT2D eigenvalue weighted by Crippen LogP contribution is 2.39. The van der Waals surface area contributed by atoms with Crippen LogP contribution >= 0.6 is 0 Å². The Bertz CT molecular complexity index is 595. The summed E-state index contributed by atoms with van der Waals surface area (Å²) in [5.41, 5.74) is 0. The number of aromatic nitrogens is 2. The predicted molar refractivity (Wildman–Crippen MR) is 73.5 cm³/mol. The van der Waals surface area contributed by atoms with Crippen LogP contribution in [0.4, 0.5) is 8.78 Å². The van der Waals surface area contributed by atoms with Crippen LogP contribution in [0.1, 0.15) is 56.2 Å². The number of carbonyl (C=O) groups is 2. The first kappa shape index (κ1) is 15.8. The van der Waals surface area contributed by atoms with E-state index in [9.17, 15) is 18.4 Å². The van der Waals surface area contributed by atoms with Crippen molar-refractivity contribution in [3.05, 3.63) is 11.7 Å². The molecule has 2 amide bonds. The van der Waals surface area contributed by atoms with Crippen molar-refractivity contribution in [2.45, 2.75) is 63.0 Å². The second kappa shape index (κ2) is 6.21. The zero-order chi connectivity index (χ0) is 16.4. The fraction of sp³-hybridized carbons (Fsp3) is 0.714. The lowest BCUT2D eigenvalue weighted by Crippen LogP contribution is -2.41. The Balaban J connectivity index is 1.50. The molecule has 2 aliphatic rings. The summed E-state index contributed by atoms with van der Waals surface area (Å²) in [6.07, 6.45) is 1.13. The largest absolute Gasteiger partial charge is 0.345 e. The van der Waals surface area contributed by atoms with Gasteiger partial charge < -0.3 is 15.2 Å². The van der Waals surface area contributed by atoms with Gasteiger partial charge in [0, 0.05) is 25.2 Å². The van der Waals surface area contributed by atoms with E-state index >= 15 is 0 Å². The summed E-state index contributed by atoms with van der Waals surface area (Å²) in [5, 5.41) is 9.01. The summed E-state index contributed by atoms with van der Waals surface area (Å²) in [6.45, 7) is 0.0566. The van der Waals surface area contributed by atoms with Crippen molar-refractivity contribution >= 4 is 11.8 Å². The van der Waals surface area contributed by atoms with Gasteiger partial charge in [-0.3, -0.25) is 9.59 Å². The summed E-state index contributed by atoms with van der Waals surface area (Å²) in [5.74, 6) is -2.51. The molecule has 0 aromatic carbocycles. The minimum Gasteiger partial charge on any atom is -0.345 e. The first-order chi connectivity index (χ1) is 10.9. The summed E-state index contributed by atoms with van der Waals surface area (Å²) >= 11 is 0. The van der Waals surface area contributed by atoms with Crippen LogP contribution in [0.15, 0.2) is 4.52 Å². The van der Waals surface area contributed by atoms with Crippen molar-refractivity contribution in [3.8, 4) is 0 Å². The number of alkyl halides is 2. The summed E-state index contributed by atoms with van der Waals surface area (Å²) in [4.78, 5) is 27.1. The molecule has 2 N–H and O–H groups in total. The minimum atomic E-state index is -2.59. The Hall–Kier alpha value is -2.06. The molecule has 1 aromatic rings. The molecule has 1 aromatic heterocycles. The molecule has 7 nitrogen and oxygen atoms in total. The van der Waals surface area contributed by atoms with Gasteiger partial charge in [-0.2, -0.15) is 4.98 Å². The molecule has 2 fully saturated rings. The van der Waals surface area contributed by atoms with Gasteiger partial charge in [0.2, 0.25) is 23.6 Å². The van der Waals surface area contributed by atoms with E-state index in [2.05, 4.69) is 20.8 Å². The van der Waals surface area contributed by atoms with Crippen LogP contribution < -0.4 is 10.6 Å². The summed E-state index contributed by atoms with van der Waals surface area (Å²) in [7, 11) is 0. The maximum absolute atomic E-state index is 13.1. The number of carbonyl (C=O) groups excluding carboxylic acids is 2. The van der Waals surface area contributed by atoms with Crippen LogP contribution in [-0.4, -0.2) is 33.9 Å². The maximum Gasteiger partial charge on any atom is 0.248 e. The van der Waals surface area contributed by atoms with E-state index in [-0.39, 0.29) is 43.0 Å². The molecule has 0 bridgehead atoms. The minimum absolute atomic E-state index is 0.0566. The van der Waals surface area contributed by atoms with Gasteiger partial charge in [0.05, 0.1) is 6.54 Å². The van der Waals surface area contributed by atoms with E-state index in [1.807, 2.05) is 0 Å². The molecule has 23 heavy (non-hydrogen) atoms. The second-order valence-electron chi connectivity index (χ2n) is 6.05. The molecule has 1 saturated carbocycles. The average molecular weight is 328 g/mol. The Morgan fingerprint density at radius 3 is 2.74 bits per heavy atom. The molecule has 0 spiro atoms. The summed E-state index contributed by atoms with van der Waals surface area (Å²) < 4.78 is 31.3. The molecular formula is C14H18F2N4O3. The molecule has 1 aliphatic carbocycles. The smallest absolute Gasteiger partial charge is 0.248 e. The van der Waals surface area contributed by atoms with E-state index in [0.717, 1.165) is 0 Å². The van der Waals surface area contributed by atoms with Gasteiger partial charge in [-0.1, -0.05) is 5.16 Å². The third-order valence-corrected chi connectivity index (χ3v) is 4.29. The zero-order valence-corrected chi connectivity index (χ0v) is 12.5. The van der Waals surface area contributed by atoms with Gasteiger partial charge in [0.25, 0.3) is 0 Å². The number of rotatable bonds is 4. The van der Waals surface area contributed by atoms with Gasteiger partial charge in [-0.25, -0.2) is 8.78 Å². The number of hydrogen-bond donors (Lipinski definition) is 2. The quantitative estimate of drug-likeness (QED) is 0.867. The van der Waals surface area contributed by atoms with Crippen molar-refractivity contribution in [3.63, 3.8) is 0 Å². The highest BCUT2D eigenvalue weighted by atomic mass is 19.3. The molecule has 2 heterocycles. The van der Waals surface area contributed by atoms with E-state index in [4.69, 9.17) is 4.52 Å². The second-order valence-corrected chi connectivity index (χ2v) is 6.05. The van der Waals surface area contributed by atoms with Gasteiger partial charge in [0.1, 0.15) is 6.04 Å². The lowest BCUT2D eigenvalue weighted by molar-refractivity contribution is -0.125. The number of nitrogens with one attached hydrogen (secondary N) is 2. The Morgan fingerprint density at radius 1 is 1.35 bits per heavy atom. The lowest BCUT2D eigenvalue weighted by atomic mass is 9.86.